The molecule has 21 heavy (non-hydrogen) atoms. The summed E-state index contributed by atoms with van der Waals surface area (Å²) in [4.78, 5) is 0. The van der Waals surface area contributed by atoms with Crippen LogP contribution < -0.4 is 5.32 Å². The summed E-state index contributed by atoms with van der Waals surface area (Å²) in [7, 11) is 1.72. The summed E-state index contributed by atoms with van der Waals surface area (Å²) in [5, 5.41) is 3.68. The maximum Gasteiger partial charge on any atom is 0.145 e. The molecule has 1 fully saturated rings. The summed E-state index contributed by atoms with van der Waals surface area (Å²) in [6, 6.07) is 5.39. The molecule has 1 aromatic carbocycles. The topological polar surface area (TPSA) is 21.3 Å². The predicted octanol–water partition coefficient (Wildman–Crippen LogP) is 4.38. The third-order valence-electron chi connectivity index (χ3n) is 4.40. The normalized spacial score (nSPS) is 20.4. The van der Waals surface area contributed by atoms with Gasteiger partial charge in [0.2, 0.25) is 0 Å². The summed E-state index contributed by atoms with van der Waals surface area (Å²) in [6.07, 6.45) is 5.40. The molecular weight excluding hydrogens is 289 g/mol. The van der Waals surface area contributed by atoms with E-state index in [4.69, 9.17) is 16.3 Å². The van der Waals surface area contributed by atoms with Crippen molar-refractivity contribution < 1.29 is 9.13 Å². The molecule has 118 valence electrons. The van der Waals surface area contributed by atoms with E-state index in [0.29, 0.717) is 5.92 Å². The minimum absolute atomic E-state index is 0.234. The molecule has 1 aliphatic heterocycles. The van der Waals surface area contributed by atoms with Gasteiger partial charge in [-0.2, -0.15) is 0 Å². The minimum Gasteiger partial charge on any atom is -0.385 e. The quantitative estimate of drug-likeness (QED) is 0.754. The van der Waals surface area contributed by atoms with Gasteiger partial charge in [0, 0.05) is 13.7 Å². The van der Waals surface area contributed by atoms with E-state index >= 15 is 0 Å². The van der Waals surface area contributed by atoms with E-state index in [9.17, 15) is 4.39 Å². The summed E-state index contributed by atoms with van der Waals surface area (Å²) in [5.41, 5.74) is 0.786. The lowest BCUT2D eigenvalue weighted by molar-refractivity contribution is 0.189. The van der Waals surface area contributed by atoms with Gasteiger partial charge in [0.1, 0.15) is 5.82 Å². The van der Waals surface area contributed by atoms with Gasteiger partial charge in [-0.3, -0.25) is 0 Å². The SMILES string of the molecule is COCCCCC(c1cccc(Cl)c1F)[C@H]1CCCNC1. The van der Waals surface area contributed by atoms with Crippen LogP contribution in [0.15, 0.2) is 18.2 Å². The maximum absolute atomic E-state index is 14.4. The second kappa shape index (κ2) is 8.72. The number of benzene rings is 1. The average Bonchev–Trinajstić information content (AvgIpc) is 2.52. The highest BCUT2D eigenvalue weighted by molar-refractivity contribution is 6.30. The first kappa shape index (κ1) is 16.7. The monoisotopic (exact) mass is 313 g/mol. The van der Waals surface area contributed by atoms with Gasteiger partial charge in [-0.05, 0) is 62.2 Å². The fourth-order valence-corrected chi connectivity index (χ4v) is 3.47. The number of halogens is 2. The van der Waals surface area contributed by atoms with Crippen LogP contribution in [0, 0.1) is 11.7 Å². The van der Waals surface area contributed by atoms with Crippen molar-refractivity contribution in [3.63, 3.8) is 0 Å². The van der Waals surface area contributed by atoms with Crippen molar-refractivity contribution in [3.8, 4) is 0 Å². The fourth-order valence-electron chi connectivity index (χ4n) is 3.28. The van der Waals surface area contributed by atoms with Gasteiger partial charge < -0.3 is 10.1 Å². The molecule has 4 heteroatoms. The molecule has 0 radical (unpaired) electrons. The third kappa shape index (κ3) is 4.67. The largest absolute Gasteiger partial charge is 0.385 e. The van der Waals surface area contributed by atoms with Crippen molar-refractivity contribution in [2.45, 2.75) is 38.0 Å². The highest BCUT2D eigenvalue weighted by Gasteiger charge is 2.27. The van der Waals surface area contributed by atoms with Crippen molar-refractivity contribution >= 4 is 11.6 Å². The first-order chi connectivity index (χ1) is 10.2. The molecule has 1 N–H and O–H groups in total. The minimum atomic E-state index is -0.235. The number of unbranched alkanes of at least 4 members (excludes halogenated alkanes) is 1. The van der Waals surface area contributed by atoms with Gasteiger partial charge in [0.15, 0.2) is 0 Å². The van der Waals surface area contributed by atoms with Gasteiger partial charge in [0.05, 0.1) is 5.02 Å². The van der Waals surface area contributed by atoms with Crippen LogP contribution in [0.5, 0.6) is 0 Å². The van der Waals surface area contributed by atoms with Crippen molar-refractivity contribution in [2.24, 2.45) is 5.92 Å². The smallest absolute Gasteiger partial charge is 0.145 e. The van der Waals surface area contributed by atoms with E-state index in [2.05, 4.69) is 5.32 Å². The van der Waals surface area contributed by atoms with Crippen molar-refractivity contribution in [2.75, 3.05) is 26.8 Å². The van der Waals surface area contributed by atoms with Crippen molar-refractivity contribution in [1.29, 1.82) is 0 Å². The zero-order valence-corrected chi connectivity index (χ0v) is 13.5. The number of rotatable bonds is 7. The standard InChI is InChI=1S/C17H25ClFNO/c1-21-11-3-2-7-14(13-6-5-10-20-12-13)15-8-4-9-16(18)17(15)19/h4,8-9,13-14,20H,2-3,5-7,10-12H2,1H3/t13-,14?/m0/s1. The summed E-state index contributed by atoms with van der Waals surface area (Å²) in [5.74, 6) is 0.504. The molecule has 2 nitrogen and oxygen atoms in total. The number of ether oxygens (including phenoxy) is 1. The van der Waals surface area contributed by atoms with E-state index in [1.165, 1.54) is 6.42 Å². The van der Waals surface area contributed by atoms with Gasteiger partial charge in [-0.1, -0.05) is 30.2 Å². The highest BCUT2D eigenvalue weighted by Crippen LogP contribution is 2.36. The van der Waals surface area contributed by atoms with Gasteiger partial charge in [-0.15, -0.1) is 0 Å². The Bertz CT molecular complexity index is 435. The molecule has 0 aromatic heterocycles. The van der Waals surface area contributed by atoms with Crippen molar-refractivity contribution in [3.05, 3.63) is 34.6 Å². The van der Waals surface area contributed by atoms with Crippen LogP contribution >= 0.6 is 11.6 Å². The third-order valence-corrected chi connectivity index (χ3v) is 4.69. The highest BCUT2D eigenvalue weighted by atomic mass is 35.5. The second-order valence-electron chi connectivity index (χ2n) is 5.84. The lowest BCUT2D eigenvalue weighted by atomic mass is 9.78. The predicted molar refractivity (Wildman–Crippen MR) is 85.5 cm³/mol. The Morgan fingerprint density at radius 1 is 1.43 bits per heavy atom. The fraction of sp³-hybridized carbons (Fsp3) is 0.647. The zero-order chi connectivity index (χ0) is 15.1. The Kier molecular flexibility index (Phi) is 6.94. The zero-order valence-electron chi connectivity index (χ0n) is 12.7. The Morgan fingerprint density at radius 3 is 3.00 bits per heavy atom. The van der Waals surface area contributed by atoms with Crippen LogP contribution in [-0.4, -0.2) is 26.8 Å². The van der Waals surface area contributed by atoms with Crippen LogP contribution in [0.4, 0.5) is 4.39 Å². The lowest BCUT2D eigenvalue weighted by Gasteiger charge is -2.31. The molecule has 0 amide bonds. The Balaban J connectivity index is 2.11. The molecule has 1 heterocycles. The van der Waals surface area contributed by atoms with Gasteiger partial charge in [0.25, 0.3) is 0 Å². The lowest BCUT2D eigenvalue weighted by Crippen LogP contribution is -2.33. The first-order valence-corrected chi connectivity index (χ1v) is 8.25. The van der Waals surface area contributed by atoms with E-state index in [1.807, 2.05) is 12.1 Å². The maximum atomic E-state index is 14.4. The number of hydrogen-bond donors (Lipinski definition) is 1. The van der Waals surface area contributed by atoms with Gasteiger partial charge in [-0.25, -0.2) is 4.39 Å². The summed E-state index contributed by atoms with van der Waals surface area (Å²) < 4.78 is 19.5. The molecule has 0 spiro atoms. The van der Waals surface area contributed by atoms with E-state index < -0.39 is 0 Å². The molecule has 2 rings (SSSR count). The van der Waals surface area contributed by atoms with Crippen molar-refractivity contribution in [1.82, 2.24) is 5.32 Å². The Hall–Kier alpha value is -0.640. The van der Waals surface area contributed by atoms with Crippen LogP contribution in [-0.2, 0) is 4.74 Å². The molecular formula is C17H25ClFNO. The van der Waals surface area contributed by atoms with Crippen LogP contribution in [0.25, 0.3) is 0 Å². The van der Waals surface area contributed by atoms with Crippen LogP contribution in [0.3, 0.4) is 0 Å². The Morgan fingerprint density at radius 2 is 2.29 bits per heavy atom. The molecule has 2 atom stereocenters. The summed E-state index contributed by atoms with van der Waals surface area (Å²) in [6.45, 7) is 2.82. The van der Waals surface area contributed by atoms with Gasteiger partial charge >= 0.3 is 0 Å². The molecule has 0 saturated carbocycles. The molecule has 1 saturated heterocycles. The van der Waals surface area contributed by atoms with E-state index in [0.717, 1.165) is 50.9 Å². The van der Waals surface area contributed by atoms with E-state index in [-0.39, 0.29) is 16.8 Å². The van der Waals surface area contributed by atoms with Crippen LogP contribution in [0.1, 0.15) is 43.6 Å². The summed E-state index contributed by atoms with van der Waals surface area (Å²) >= 11 is 5.97. The molecule has 0 bridgehead atoms. The first-order valence-electron chi connectivity index (χ1n) is 7.87. The van der Waals surface area contributed by atoms with Crippen LogP contribution in [0.2, 0.25) is 5.02 Å². The number of nitrogens with one attached hydrogen (secondary N) is 1. The molecule has 0 aliphatic carbocycles. The van der Waals surface area contributed by atoms with E-state index in [1.54, 1.807) is 13.2 Å². The number of methoxy groups -OCH3 is 1. The molecule has 1 aliphatic rings. The average molecular weight is 314 g/mol. The molecule has 1 aromatic rings. The number of piperidine rings is 1. The second-order valence-corrected chi connectivity index (χ2v) is 6.25. The molecule has 1 unspecified atom stereocenters. The number of hydrogen-bond acceptors (Lipinski definition) is 2. The Labute approximate surface area is 132 Å².